The maximum Gasteiger partial charge on any atom is 0.220 e. The van der Waals surface area contributed by atoms with Gasteiger partial charge in [-0.25, -0.2) is 0 Å². The fraction of sp³-hybridized carbons (Fsp3) is 0.950. The van der Waals surface area contributed by atoms with E-state index in [1.165, 1.54) is 71.6 Å². The Morgan fingerprint density at radius 2 is 1.76 bits per heavy atom. The van der Waals surface area contributed by atoms with Crippen molar-refractivity contribution in [3.05, 3.63) is 0 Å². The molecule has 1 spiro atoms. The summed E-state index contributed by atoms with van der Waals surface area (Å²) < 4.78 is 0. The van der Waals surface area contributed by atoms with Crippen LogP contribution in [-0.2, 0) is 4.79 Å². The number of hydrogen-bond acceptors (Lipinski definition) is 4. The first-order valence-electron chi connectivity index (χ1n) is 10.5. The van der Waals surface area contributed by atoms with Gasteiger partial charge in [0, 0.05) is 64.3 Å². The monoisotopic (exact) mass is 350 g/mol. The number of likely N-dealkylation sites (tertiary alicyclic amines) is 1. The Kier molecular flexibility index (Phi) is 6.39. The van der Waals surface area contributed by atoms with E-state index in [-0.39, 0.29) is 5.91 Å². The molecule has 2 saturated heterocycles. The lowest BCUT2D eigenvalue weighted by Gasteiger charge is -2.45. The first-order valence-corrected chi connectivity index (χ1v) is 10.5. The van der Waals surface area contributed by atoms with Crippen molar-refractivity contribution in [2.45, 2.75) is 65.0 Å². The van der Waals surface area contributed by atoms with Gasteiger partial charge in [-0.15, -0.1) is 0 Å². The summed E-state index contributed by atoms with van der Waals surface area (Å²) in [5.74, 6) is 0.248. The van der Waals surface area contributed by atoms with E-state index in [0.717, 1.165) is 6.42 Å². The van der Waals surface area contributed by atoms with Crippen molar-refractivity contribution < 1.29 is 4.79 Å². The van der Waals surface area contributed by atoms with Gasteiger partial charge in [-0.05, 0) is 51.5 Å². The first-order chi connectivity index (χ1) is 12.0. The molecule has 3 fully saturated rings. The highest BCUT2D eigenvalue weighted by molar-refractivity contribution is 5.76. The fourth-order valence-corrected chi connectivity index (χ4v) is 4.95. The summed E-state index contributed by atoms with van der Waals surface area (Å²) in [6.07, 6.45) is 5.36. The number of nitrogens with zero attached hydrogens (tertiary/aromatic N) is 3. The van der Waals surface area contributed by atoms with Gasteiger partial charge in [-0.2, -0.15) is 0 Å². The van der Waals surface area contributed by atoms with Crippen LogP contribution in [0.2, 0.25) is 0 Å². The van der Waals surface area contributed by atoms with Gasteiger partial charge in [0.15, 0.2) is 0 Å². The Morgan fingerprint density at radius 1 is 1.08 bits per heavy atom. The van der Waals surface area contributed by atoms with Crippen molar-refractivity contribution in [1.29, 1.82) is 0 Å². The third-order valence-electron chi connectivity index (χ3n) is 6.59. The fourth-order valence-electron chi connectivity index (χ4n) is 4.95. The molecule has 1 amide bonds. The van der Waals surface area contributed by atoms with E-state index in [4.69, 9.17) is 0 Å². The molecule has 0 unspecified atom stereocenters. The molecule has 0 atom stereocenters. The zero-order valence-corrected chi connectivity index (χ0v) is 16.6. The minimum Gasteiger partial charge on any atom is -0.353 e. The van der Waals surface area contributed by atoms with E-state index < -0.39 is 0 Å². The number of piperazine rings is 1. The highest BCUT2D eigenvalue weighted by Crippen LogP contribution is 2.48. The summed E-state index contributed by atoms with van der Waals surface area (Å²) in [6.45, 7) is 16.5. The number of nitrogens with one attached hydrogen (secondary N) is 1. The van der Waals surface area contributed by atoms with E-state index >= 15 is 0 Å². The normalized spacial score (nSPS) is 31.6. The second-order valence-corrected chi connectivity index (χ2v) is 8.92. The lowest BCUT2D eigenvalue weighted by molar-refractivity contribution is -0.123. The summed E-state index contributed by atoms with van der Waals surface area (Å²) in [6, 6.07) is 1.13. The Bertz CT molecular complexity index is 439. The van der Waals surface area contributed by atoms with E-state index in [1.54, 1.807) is 0 Å². The van der Waals surface area contributed by atoms with Crippen LogP contribution in [0.15, 0.2) is 0 Å². The van der Waals surface area contributed by atoms with Crippen LogP contribution < -0.4 is 5.32 Å². The van der Waals surface area contributed by atoms with Crippen molar-refractivity contribution >= 4 is 5.91 Å². The number of hydrogen-bond donors (Lipinski definition) is 1. The molecule has 2 aliphatic heterocycles. The maximum atomic E-state index is 11.7. The Morgan fingerprint density at radius 3 is 2.40 bits per heavy atom. The Balaban J connectivity index is 1.31. The summed E-state index contributed by atoms with van der Waals surface area (Å²) in [7, 11) is 0. The van der Waals surface area contributed by atoms with Crippen molar-refractivity contribution in [2.24, 2.45) is 5.41 Å². The zero-order chi connectivity index (χ0) is 17.9. The average molecular weight is 351 g/mol. The van der Waals surface area contributed by atoms with Gasteiger partial charge in [0.1, 0.15) is 0 Å². The van der Waals surface area contributed by atoms with Gasteiger partial charge >= 0.3 is 0 Å². The average Bonchev–Trinajstić information content (AvgIpc) is 2.97. The predicted molar refractivity (Wildman–Crippen MR) is 103 cm³/mol. The van der Waals surface area contributed by atoms with Gasteiger partial charge in [0.2, 0.25) is 5.91 Å². The van der Waals surface area contributed by atoms with Crippen LogP contribution >= 0.6 is 0 Å². The van der Waals surface area contributed by atoms with Gasteiger partial charge in [0.25, 0.3) is 0 Å². The molecule has 1 saturated carbocycles. The molecular formula is C20H38N4O. The highest BCUT2D eigenvalue weighted by atomic mass is 16.1. The number of amides is 1. The minimum absolute atomic E-state index is 0.248. The second-order valence-electron chi connectivity index (χ2n) is 8.92. The topological polar surface area (TPSA) is 38.8 Å². The van der Waals surface area contributed by atoms with Crippen molar-refractivity contribution in [1.82, 2.24) is 20.0 Å². The predicted octanol–water partition coefficient (Wildman–Crippen LogP) is 1.78. The van der Waals surface area contributed by atoms with E-state index in [1.807, 2.05) is 0 Å². The summed E-state index contributed by atoms with van der Waals surface area (Å²) in [4.78, 5) is 19.6. The van der Waals surface area contributed by atoms with Crippen LogP contribution in [0.1, 0.15) is 52.9 Å². The van der Waals surface area contributed by atoms with Crippen LogP contribution in [0.3, 0.4) is 0 Å². The van der Waals surface area contributed by atoms with Crippen molar-refractivity contribution in [2.75, 3.05) is 52.4 Å². The molecule has 1 aliphatic carbocycles. The molecule has 2 heterocycles. The molecule has 0 aromatic heterocycles. The first kappa shape index (κ1) is 19.1. The van der Waals surface area contributed by atoms with Crippen LogP contribution in [0.5, 0.6) is 0 Å². The molecule has 1 N–H and O–H groups in total. The van der Waals surface area contributed by atoms with Crippen molar-refractivity contribution in [3.8, 4) is 0 Å². The molecule has 0 aromatic carbocycles. The van der Waals surface area contributed by atoms with E-state index in [9.17, 15) is 4.79 Å². The summed E-state index contributed by atoms with van der Waals surface area (Å²) in [5, 5.41) is 3.21. The lowest BCUT2D eigenvalue weighted by Crippen LogP contribution is -2.52. The second kappa shape index (κ2) is 8.36. The molecule has 3 rings (SSSR count). The third kappa shape index (κ3) is 4.95. The van der Waals surface area contributed by atoms with Gasteiger partial charge in [0.05, 0.1) is 0 Å². The number of carbonyl (C=O) groups is 1. The Labute approximate surface area is 154 Å². The summed E-state index contributed by atoms with van der Waals surface area (Å²) >= 11 is 0. The standard InChI is InChI=1S/C20H38N4O/c1-4-5-19(25)21-18-14-20(15-18)6-7-23(16-20)9-8-22-10-12-24(13-11-22)17(2)3/h17-18H,4-16H2,1-3H3,(H,21,25). The van der Waals surface area contributed by atoms with Gasteiger partial charge in [-0.1, -0.05) is 6.92 Å². The lowest BCUT2D eigenvalue weighted by atomic mass is 9.65. The van der Waals surface area contributed by atoms with Crippen LogP contribution in [0, 0.1) is 5.41 Å². The smallest absolute Gasteiger partial charge is 0.220 e. The molecular weight excluding hydrogens is 312 g/mol. The number of carbonyl (C=O) groups excluding carboxylic acids is 1. The van der Waals surface area contributed by atoms with Gasteiger partial charge < -0.3 is 10.2 Å². The van der Waals surface area contributed by atoms with E-state index in [2.05, 4.69) is 40.8 Å². The molecule has 0 aromatic rings. The molecule has 144 valence electrons. The third-order valence-corrected chi connectivity index (χ3v) is 6.59. The number of rotatable bonds is 7. The van der Waals surface area contributed by atoms with Gasteiger partial charge in [-0.3, -0.25) is 14.6 Å². The molecule has 0 radical (unpaired) electrons. The quantitative estimate of drug-likeness (QED) is 0.760. The van der Waals surface area contributed by atoms with Crippen molar-refractivity contribution in [3.63, 3.8) is 0 Å². The highest BCUT2D eigenvalue weighted by Gasteiger charge is 2.48. The molecule has 25 heavy (non-hydrogen) atoms. The SMILES string of the molecule is CCCC(=O)NC1CC2(CCN(CCN3CCN(C(C)C)CC3)C2)C1. The zero-order valence-electron chi connectivity index (χ0n) is 16.6. The summed E-state index contributed by atoms with van der Waals surface area (Å²) in [5.41, 5.74) is 0.514. The van der Waals surface area contributed by atoms with Crippen LogP contribution in [0.4, 0.5) is 0 Å². The molecule has 5 nitrogen and oxygen atoms in total. The van der Waals surface area contributed by atoms with E-state index in [0.29, 0.717) is 23.9 Å². The molecule has 0 bridgehead atoms. The van der Waals surface area contributed by atoms with Crippen LogP contribution in [-0.4, -0.2) is 85.0 Å². The Hall–Kier alpha value is -0.650. The molecule has 3 aliphatic rings. The largest absolute Gasteiger partial charge is 0.353 e. The minimum atomic E-state index is 0.248. The maximum absolute atomic E-state index is 11.7. The molecule has 5 heteroatoms. The van der Waals surface area contributed by atoms with Crippen LogP contribution in [0.25, 0.3) is 0 Å².